The Bertz CT molecular complexity index is 323. The maximum Gasteiger partial charge on any atom is 0.345 e. The second-order valence-electron chi connectivity index (χ2n) is 7.99. The highest BCUT2D eigenvalue weighted by molar-refractivity contribution is 6.70. The van der Waals surface area contributed by atoms with Crippen LogP contribution in [-0.2, 0) is 8.85 Å². The molecular formula is C18H36O2Si. The lowest BCUT2D eigenvalue weighted by atomic mass is 9.90. The lowest BCUT2D eigenvalue weighted by molar-refractivity contribution is 0.132. The Hall–Kier alpha value is 0.137. The average Bonchev–Trinajstić information content (AvgIpc) is 2.78. The molecule has 2 fully saturated rings. The van der Waals surface area contributed by atoms with Gasteiger partial charge in [0.2, 0.25) is 0 Å². The minimum atomic E-state index is -2.14. The van der Waals surface area contributed by atoms with Gasteiger partial charge in [-0.15, -0.1) is 0 Å². The summed E-state index contributed by atoms with van der Waals surface area (Å²) in [5.41, 5.74) is 1.79. The van der Waals surface area contributed by atoms with Crippen LogP contribution in [0.2, 0.25) is 11.1 Å². The molecule has 3 unspecified atom stereocenters. The zero-order chi connectivity index (χ0) is 15.5. The van der Waals surface area contributed by atoms with Crippen molar-refractivity contribution in [3.05, 3.63) is 0 Å². The normalized spacial score (nSPS) is 33.3. The van der Waals surface area contributed by atoms with Crippen LogP contribution in [0.15, 0.2) is 0 Å². The molecule has 3 atom stereocenters. The lowest BCUT2D eigenvalue weighted by Gasteiger charge is -2.47. The molecule has 0 aromatic rings. The lowest BCUT2D eigenvalue weighted by Crippen LogP contribution is -2.54. The highest BCUT2D eigenvalue weighted by Gasteiger charge is 2.58. The van der Waals surface area contributed by atoms with E-state index in [4.69, 9.17) is 8.85 Å². The molecule has 0 heterocycles. The van der Waals surface area contributed by atoms with Crippen molar-refractivity contribution >= 4 is 8.56 Å². The topological polar surface area (TPSA) is 18.5 Å². The SMILES string of the molecule is CCO[Si](OCC)(C1CCCC(C)C1)C1CCCC1(C)C. The van der Waals surface area contributed by atoms with Gasteiger partial charge in [0.25, 0.3) is 0 Å². The van der Waals surface area contributed by atoms with E-state index in [0.29, 0.717) is 16.5 Å². The molecule has 0 bridgehead atoms. The third kappa shape index (κ3) is 3.56. The third-order valence-electron chi connectivity index (χ3n) is 5.99. The van der Waals surface area contributed by atoms with E-state index in [2.05, 4.69) is 34.6 Å². The Morgan fingerprint density at radius 1 is 1.00 bits per heavy atom. The summed E-state index contributed by atoms with van der Waals surface area (Å²) >= 11 is 0. The molecular weight excluding hydrogens is 276 g/mol. The summed E-state index contributed by atoms with van der Waals surface area (Å²) < 4.78 is 13.2. The van der Waals surface area contributed by atoms with Crippen LogP contribution in [0.3, 0.4) is 0 Å². The largest absolute Gasteiger partial charge is 0.394 e. The monoisotopic (exact) mass is 312 g/mol. The van der Waals surface area contributed by atoms with Crippen molar-refractivity contribution in [1.82, 2.24) is 0 Å². The van der Waals surface area contributed by atoms with Gasteiger partial charge < -0.3 is 8.85 Å². The van der Waals surface area contributed by atoms with E-state index >= 15 is 0 Å². The van der Waals surface area contributed by atoms with Crippen molar-refractivity contribution in [2.24, 2.45) is 11.3 Å². The first-order chi connectivity index (χ1) is 9.96. The maximum absolute atomic E-state index is 6.59. The molecule has 0 radical (unpaired) electrons. The second-order valence-corrected chi connectivity index (χ2v) is 11.5. The molecule has 0 N–H and O–H groups in total. The highest BCUT2D eigenvalue weighted by atomic mass is 28.4. The molecule has 2 rings (SSSR count). The van der Waals surface area contributed by atoms with Gasteiger partial charge in [0.15, 0.2) is 0 Å². The van der Waals surface area contributed by atoms with Gasteiger partial charge in [-0.2, -0.15) is 0 Å². The molecule has 0 saturated heterocycles. The Kier molecular flexibility index (Phi) is 5.95. The predicted molar refractivity (Wildman–Crippen MR) is 91.8 cm³/mol. The molecule has 0 aliphatic heterocycles. The molecule has 21 heavy (non-hydrogen) atoms. The van der Waals surface area contributed by atoms with Crippen LogP contribution in [0.5, 0.6) is 0 Å². The first kappa shape index (κ1) is 17.5. The van der Waals surface area contributed by atoms with Gasteiger partial charge in [-0.1, -0.05) is 40.0 Å². The van der Waals surface area contributed by atoms with Gasteiger partial charge in [0, 0.05) is 24.3 Å². The molecule has 124 valence electrons. The van der Waals surface area contributed by atoms with Crippen LogP contribution < -0.4 is 0 Å². The molecule has 3 heteroatoms. The molecule has 2 aliphatic carbocycles. The second kappa shape index (κ2) is 7.14. The smallest absolute Gasteiger partial charge is 0.345 e. The van der Waals surface area contributed by atoms with Crippen LogP contribution in [0.1, 0.15) is 79.6 Å². The van der Waals surface area contributed by atoms with Crippen LogP contribution >= 0.6 is 0 Å². The van der Waals surface area contributed by atoms with E-state index in [1.165, 1.54) is 44.9 Å². The number of rotatable bonds is 6. The summed E-state index contributed by atoms with van der Waals surface area (Å²) in [5.74, 6) is 0.848. The average molecular weight is 313 g/mol. The van der Waals surface area contributed by atoms with Crippen molar-refractivity contribution in [2.75, 3.05) is 13.2 Å². The summed E-state index contributed by atoms with van der Waals surface area (Å²) in [6, 6.07) is 0. The standard InChI is InChI=1S/C18H36O2Si/c1-6-19-21(20-7-2,16-11-8-10-15(3)14-16)17-12-9-13-18(17,4)5/h15-17H,6-14H2,1-5H3. The van der Waals surface area contributed by atoms with E-state index in [-0.39, 0.29) is 0 Å². The fourth-order valence-electron chi connectivity index (χ4n) is 5.09. The van der Waals surface area contributed by atoms with E-state index < -0.39 is 8.56 Å². The van der Waals surface area contributed by atoms with E-state index in [1.807, 2.05) is 0 Å². The minimum Gasteiger partial charge on any atom is -0.394 e. The van der Waals surface area contributed by atoms with Crippen molar-refractivity contribution in [3.8, 4) is 0 Å². The highest BCUT2D eigenvalue weighted by Crippen LogP contribution is 2.58. The third-order valence-corrected chi connectivity index (χ3v) is 11.2. The van der Waals surface area contributed by atoms with Gasteiger partial charge in [-0.05, 0) is 50.9 Å². The molecule has 0 amide bonds. The van der Waals surface area contributed by atoms with Gasteiger partial charge in [0.1, 0.15) is 0 Å². The molecule has 0 aromatic heterocycles. The van der Waals surface area contributed by atoms with Crippen LogP contribution in [-0.4, -0.2) is 21.8 Å². The Morgan fingerprint density at radius 2 is 1.67 bits per heavy atom. The van der Waals surface area contributed by atoms with Crippen molar-refractivity contribution < 1.29 is 8.85 Å². The van der Waals surface area contributed by atoms with Crippen LogP contribution in [0.25, 0.3) is 0 Å². The molecule has 2 aliphatic rings. The van der Waals surface area contributed by atoms with Gasteiger partial charge in [0.05, 0.1) is 0 Å². The molecule has 2 nitrogen and oxygen atoms in total. The molecule has 2 saturated carbocycles. The van der Waals surface area contributed by atoms with Crippen molar-refractivity contribution in [1.29, 1.82) is 0 Å². The fraction of sp³-hybridized carbons (Fsp3) is 1.00. The Balaban J connectivity index is 2.31. The van der Waals surface area contributed by atoms with Crippen LogP contribution in [0.4, 0.5) is 0 Å². The van der Waals surface area contributed by atoms with Gasteiger partial charge >= 0.3 is 8.56 Å². The summed E-state index contributed by atoms with van der Waals surface area (Å²) in [4.78, 5) is 0. The van der Waals surface area contributed by atoms with Crippen molar-refractivity contribution in [2.45, 2.75) is 90.6 Å². The van der Waals surface area contributed by atoms with E-state index in [0.717, 1.165) is 19.1 Å². The Morgan fingerprint density at radius 3 is 2.14 bits per heavy atom. The van der Waals surface area contributed by atoms with Gasteiger partial charge in [-0.3, -0.25) is 0 Å². The molecule has 0 spiro atoms. The minimum absolute atomic E-state index is 0.400. The van der Waals surface area contributed by atoms with E-state index in [9.17, 15) is 0 Å². The summed E-state index contributed by atoms with van der Waals surface area (Å²) in [7, 11) is -2.14. The fourth-order valence-corrected chi connectivity index (χ4v) is 10.7. The maximum atomic E-state index is 6.59. The first-order valence-corrected chi connectivity index (χ1v) is 11.2. The predicted octanol–water partition coefficient (Wildman–Crippen LogP) is 5.66. The number of hydrogen-bond acceptors (Lipinski definition) is 2. The summed E-state index contributed by atoms with van der Waals surface area (Å²) in [6.07, 6.45) is 9.46. The van der Waals surface area contributed by atoms with E-state index in [1.54, 1.807) is 0 Å². The summed E-state index contributed by atoms with van der Waals surface area (Å²) in [5, 5.41) is 0. The quantitative estimate of drug-likeness (QED) is 0.589. The zero-order valence-electron chi connectivity index (χ0n) is 14.9. The van der Waals surface area contributed by atoms with Crippen molar-refractivity contribution in [3.63, 3.8) is 0 Å². The number of hydrogen-bond donors (Lipinski definition) is 0. The van der Waals surface area contributed by atoms with Crippen LogP contribution in [0, 0.1) is 11.3 Å². The summed E-state index contributed by atoms with van der Waals surface area (Å²) in [6.45, 7) is 13.3. The first-order valence-electron chi connectivity index (χ1n) is 9.24. The zero-order valence-corrected chi connectivity index (χ0v) is 15.9. The Labute approximate surface area is 133 Å². The molecule has 0 aromatic carbocycles. The van der Waals surface area contributed by atoms with Gasteiger partial charge in [-0.25, -0.2) is 0 Å².